The van der Waals surface area contributed by atoms with Gasteiger partial charge in [0.2, 0.25) is 5.91 Å². The Bertz CT molecular complexity index is 814. The van der Waals surface area contributed by atoms with E-state index in [2.05, 4.69) is 15.1 Å². The summed E-state index contributed by atoms with van der Waals surface area (Å²) in [7, 11) is 0. The highest BCUT2D eigenvalue weighted by molar-refractivity contribution is 5.79. The Hall–Kier alpha value is -2.44. The lowest BCUT2D eigenvalue weighted by Gasteiger charge is -2.39. The van der Waals surface area contributed by atoms with Gasteiger partial charge in [0, 0.05) is 30.0 Å². The summed E-state index contributed by atoms with van der Waals surface area (Å²) >= 11 is 0. The molecule has 1 fully saturated rings. The Morgan fingerprint density at radius 1 is 1.30 bits per heavy atom. The van der Waals surface area contributed by atoms with Crippen LogP contribution in [0.3, 0.4) is 0 Å². The second-order valence-electron chi connectivity index (χ2n) is 6.22. The van der Waals surface area contributed by atoms with Crippen LogP contribution >= 0.6 is 0 Å². The number of carbonyl (C=O) groups is 1. The minimum Gasteiger partial charge on any atom is -0.338 e. The maximum atomic E-state index is 12.4. The number of carbonyl (C=O) groups excluding carboxylic acids is 1. The Balaban J connectivity index is 1.66. The van der Waals surface area contributed by atoms with Gasteiger partial charge in [-0.15, -0.1) is 0 Å². The molecule has 122 valence electrons. The number of rotatable bonds is 3. The molecule has 3 heterocycles. The van der Waals surface area contributed by atoms with E-state index in [-0.39, 0.29) is 23.9 Å². The van der Waals surface area contributed by atoms with Crippen LogP contribution < -0.4 is 5.56 Å². The van der Waals surface area contributed by atoms with Crippen molar-refractivity contribution in [2.45, 2.75) is 40.2 Å². The average Bonchev–Trinajstić information content (AvgIpc) is 2.71. The monoisotopic (exact) mass is 315 g/mol. The number of amides is 1. The van der Waals surface area contributed by atoms with Crippen molar-refractivity contribution in [1.29, 1.82) is 0 Å². The van der Waals surface area contributed by atoms with Crippen LogP contribution in [0.5, 0.6) is 0 Å². The zero-order valence-electron chi connectivity index (χ0n) is 13.9. The first-order valence-electron chi connectivity index (χ1n) is 7.72. The minimum atomic E-state index is -0.223. The third kappa shape index (κ3) is 2.91. The van der Waals surface area contributed by atoms with Crippen molar-refractivity contribution in [2.24, 2.45) is 0 Å². The lowest BCUT2D eigenvalue weighted by atomic mass is 10.1. The average molecular weight is 315 g/mol. The molecule has 0 atom stereocenters. The van der Waals surface area contributed by atoms with Crippen LogP contribution in [0.1, 0.15) is 34.5 Å². The van der Waals surface area contributed by atoms with Gasteiger partial charge in [0.15, 0.2) is 0 Å². The van der Waals surface area contributed by atoms with E-state index < -0.39 is 0 Å². The molecular formula is C16H21N5O2. The van der Waals surface area contributed by atoms with Crippen LogP contribution in [0.15, 0.2) is 10.9 Å². The first-order valence-corrected chi connectivity index (χ1v) is 7.72. The highest BCUT2D eigenvalue weighted by Crippen LogP contribution is 2.23. The van der Waals surface area contributed by atoms with Crippen molar-refractivity contribution in [1.82, 2.24) is 24.6 Å². The predicted molar refractivity (Wildman–Crippen MR) is 85.4 cm³/mol. The Morgan fingerprint density at radius 3 is 2.57 bits per heavy atom. The van der Waals surface area contributed by atoms with Gasteiger partial charge >= 0.3 is 0 Å². The third-order valence-corrected chi connectivity index (χ3v) is 4.27. The maximum absolute atomic E-state index is 12.4. The van der Waals surface area contributed by atoms with E-state index in [1.807, 2.05) is 24.6 Å². The van der Waals surface area contributed by atoms with Crippen LogP contribution in [0, 0.1) is 27.7 Å². The van der Waals surface area contributed by atoms with E-state index in [4.69, 9.17) is 0 Å². The number of hydrogen-bond acceptors (Lipinski definition) is 4. The van der Waals surface area contributed by atoms with Crippen molar-refractivity contribution in [3.8, 4) is 0 Å². The van der Waals surface area contributed by atoms with Gasteiger partial charge in [-0.1, -0.05) is 0 Å². The Labute approximate surface area is 134 Å². The summed E-state index contributed by atoms with van der Waals surface area (Å²) in [6, 6.07) is 2.26. The van der Waals surface area contributed by atoms with Crippen LogP contribution in [0.2, 0.25) is 0 Å². The molecule has 0 unspecified atom stereocenters. The first kappa shape index (κ1) is 15.5. The molecule has 23 heavy (non-hydrogen) atoms. The van der Waals surface area contributed by atoms with Crippen LogP contribution in [0.25, 0.3) is 0 Å². The molecule has 0 bridgehead atoms. The molecule has 1 amide bonds. The number of aromatic nitrogens is 4. The molecule has 3 rings (SSSR count). The summed E-state index contributed by atoms with van der Waals surface area (Å²) in [5.41, 5.74) is 2.94. The van der Waals surface area contributed by atoms with Crippen molar-refractivity contribution < 1.29 is 4.79 Å². The number of likely N-dealkylation sites (tertiary alicyclic amines) is 1. The summed E-state index contributed by atoms with van der Waals surface area (Å²) in [6.07, 6.45) is 0.0955. The fourth-order valence-electron chi connectivity index (χ4n) is 3.05. The van der Waals surface area contributed by atoms with Gasteiger partial charge in [-0.05, 0) is 33.8 Å². The van der Waals surface area contributed by atoms with Crippen molar-refractivity contribution >= 4 is 5.91 Å². The maximum Gasteiger partial charge on any atom is 0.254 e. The second-order valence-corrected chi connectivity index (χ2v) is 6.22. The van der Waals surface area contributed by atoms with Crippen LogP contribution in [-0.2, 0) is 11.2 Å². The minimum absolute atomic E-state index is 0.0398. The highest BCUT2D eigenvalue weighted by atomic mass is 16.2. The number of nitrogens with zero attached hydrogens (tertiary/aromatic N) is 4. The fraction of sp³-hybridized carbons (Fsp3) is 0.500. The van der Waals surface area contributed by atoms with Gasteiger partial charge in [0.05, 0.1) is 18.2 Å². The van der Waals surface area contributed by atoms with Crippen molar-refractivity contribution in [2.75, 3.05) is 13.1 Å². The normalized spacial score (nSPS) is 14.9. The molecular weight excluding hydrogens is 294 g/mol. The number of aromatic amines is 1. The van der Waals surface area contributed by atoms with Crippen LogP contribution in [0.4, 0.5) is 0 Å². The zero-order chi connectivity index (χ0) is 16.7. The SMILES string of the molecule is Cc1cc(C)n(C2CN(C(=O)Cc3c(C)nc(C)[nH]c3=O)C2)n1. The predicted octanol–water partition coefficient (Wildman–Crippen LogP) is 0.826. The van der Waals surface area contributed by atoms with E-state index in [1.54, 1.807) is 18.7 Å². The Morgan fingerprint density at radius 2 is 2.00 bits per heavy atom. The van der Waals surface area contributed by atoms with Gasteiger partial charge in [-0.3, -0.25) is 14.3 Å². The van der Waals surface area contributed by atoms with Crippen LogP contribution in [-0.4, -0.2) is 43.6 Å². The van der Waals surface area contributed by atoms with Gasteiger partial charge in [0.25, 0.3) is 5.56 Å². The fourth-order valence-corrected chi connectivity index (χ4v) is 3.05. The van der Waals surface area contributed by atoms with Gasteiger partial charge in [-0.2, -0.15) is 5.10 Å². The first-order chi connectivity index (χ1) is 10.8. The molecule has 0 spiro atoms. The smallest absolute Gasteiger partial charge is 0.254 e. The number of H-pyrrole nitrogens is 1. The zero-order valence-corrected chi connectivity index (χ0v) is 13.9. The standard InChI is InChI=1S/C16H21N5O2/c1-9-5-10(2)21(19-9)13-7-20(8-13)15(22)6-14-11(3)17-12(4)18-16(14)23/h5,13H,6-8H2,1-4H3,(H,17,18,23). The molecule has 1 N–H and O–H groups in total. The molecule has 0 radical (unpaired) electrons. The number of nitrogens with one attached hydrogen (secondary N) is 1. The molecule has 2 aromatic heterocycles. The topological polar surface area (TPSA) is 83.9 Å². The molecule has 0 saturated carbocycles. The highest BCUT2D eigenvalue weighted by Gasteiger charge is 2.33. The van der Waals surface area contributed by atoms with E-state index in [9.17, 15) is 9.59 Å². The molecule has 1 aliphatic heterocycles. The van der Waals surface area contributed by atoms with Gasteiger partial charge < -0.3 is 9.88 Å². The Kier molecular flexibility index (Phi) is 3.79. The summed E-state index contributed by atoms with van der Waals surface area (Å²) in [6.45, 7) is 8.75. The largest absolute Gasteiger partial charge is 0.338 e. The van der Waals surface area contributed by atoms with Gasteiger partial charge in [-0.25, -0.2) is 4.98 Å². The summed E-state index contributed by atoms with van der Waals surface area (Å²) in [4.78, 5) is 33.0. The van der Waals surface area contributed by atoms with Gasteiger partial charge in [0.1, 0.15) is 5.82 Å². The number of aryl methyl sites for hydroxylation is 4. The summed E-state index contributed by atoms with van der Waals surface area (Å²) in [5, 5.41) is 4.46. The van der Waals surface area contributed by atoms with E-state index in [1.165, 1.54) is 0 Å². The molecule has 2 aromatic rings. The molecule has 1 saturated heterocycles. The molecule has 1 aliphatic rings. The molecule has 0 aromatic carbocycles. The van der Waals surface area contributed by atoms with Crippen molar-refractivity contribution in [3.63, 3.8) is 0 Å². The summed E-state index contributed by atoms with van der Waals surface area (Å²) in [5.74, 6) is 0.527. The van der Waals surface area contributed by atoms with E-state index >= 15 is 0 Å². The van der Waals surface area contributed by atoms with Crippen molar-refractivity contribution in [3.05, 3.63) is 44.9 Å². The lowest BCUT2D eigenvalue weighted by Crippen LogP contribution is -2.52. The third-order valence-electron chi connectivity index (χ3n) is 4.27. The van der Waals surface area contributed by atoms with E-state index in [0.29, 0.717) is 30.2 Å². The quantitative estimate of drug-likeness (QED) is 0.909. The molecule has 7 heteroatoms. The number of hydrogen-bond donors (Lipinski definition) is 1. The van der Waals surface area contributed by atoms with E-state index in [0.717, 1.165) is 11.4 Å². The molecule has 7 nitrogen and oxygen atoms in total. The summed E-state index contributed by atoms with van der Waals surface area (Å²) < 4.78 is 1.98. The molecule has 0 aliphatic carbocycles. The lowest BCUT2D eigenvalue weighted by molar-refractivity contribution is -0.136. The second kappa shape index (κ2) is 5.64.